The molecule has 5 heteroatoms. The molecule has 192 valence electrons. The van der Waals surface area contributed by atoms with Gasteiger partial charge >= 0.3 is 0 Å². The fourth-order valence-electron chi connectivity index (χ4n) is 5.05. The number of aryl methyl sites for hydroxylation is 1. The van der Waals surface area contributed by atoms with Crippen molar-refractivity contribution in [3.63, 3.8) is 0 Å². The highest BCUT2D eigenvalue weighted by molar-refractivity contribution is 5.95. The van der Waals surface area contributed by atoms with Crippen LogP contribution in [0.15, 0.2) is 103 Å². The largest absolute Gasteiger partial charge is 0.484 e. The number of fused-ring (bicyclic) bond motifs is 1. The predicted octanol–water partition coefficient (Wildman–Crippen LogP) is 5.82. The summed E-state index contributed by atoms with van der Waals surface area (Å²) < 4.78 is 5.99. The Hall–Kier alpha value is -4.38. The van der Waals surface area contributed by atoms with Crippen LogP contribution in [-0.4, -0.2) is 41.8 Å². The minimum absolute atomic E-state index is 0.00629. The van der Waals surface area contributed by atoms with Crippen molar-refractivity contribution in [1.82, 2.24) is 9.80 Å². The van der Waals surface area contributed by atoms with Crippen molar-refractivity contribution >= 4 is 11.8 Å². The summed E-state index contributed by atoms with van der Waals surface area (Å²) in [5.74, 6) is 0.534. The van der Waals surface area contributed by atoms with Crippen molar-refractivity contribution in [2.24, 2.45) is 0 Å². The highest BCUT2D eigenvalue weighted by Gasteiger charge is 2.33. The van der Waals surface area contributed by atoms with Gasteiger partial charge in [-0.1, -0.05) is 84.4 Å². The van der Waals surface area contributed by atoms with Crippen LogP contribution in [0, 0.1) is 6.92 Å². The lowest BCUT2D eigenvalue weighted by atomic mass is 9.87. The number of nitrogens with zero attached hydrogens (tertiary/aromatic N) is 2. The number of benzene rings is 4. The van der Waals surface area contributed by atoms with Gasteiger partial charge in [-0.2, -0.15) is 0 Å². The Morgan fingerprint density at radius 3 is 2.37 bits per heavy atom. The fraction of sp³-hybridized carbons (Fsp3) is 0.212. The maximum atomic E-state index is 13.6. The van der Waals surface area contributed by atoms with Crippen molar-refractivity contribution in [1.29, 1.82) is 0 Å². The number of likely N-dealkylation sites (N-methyl/N-ethyl adjacent to an activating group) is 1. The third kappa shape index (κ3) is 5.62. The zero-order chi connectivity index (χ0) is 26.5. The molecular formula is C33H32N2O3. The van der Waals surface area contributed by atoms with Gasteiger partial charge in [0.25, 0.3) is 11.8 Å². The van der Waals surface area contributed by atoms with Gasteiger partial charge in [-0.15, -0.1) is 0 Å². The highest BCUT2D eigenvalue weighted by atomic mass is 16.5. The number of amides is 2. The standard InChI is InChI=1S/C33H32N2O3/c1-24-10-9-15-28(20-24)32-30-21-29(38-23-31(36)34(2)22-25-11-5-3-6-12-25)17-16-26(30)18-19-35(32)33(37)27-13-7-4-8-14-27/h3-17,20-21,32H,18-19,22-23H2,1-2H3/t32-/m1/s1. The lowest BCUT2D eigenvalue weighted by molar-refractivity contribution is -0.132. The zero-order valence-electron chi connectivity index (χ0n) is 21.8. The van der Waals surface area contributed by atoms with E-state index in [-0.39, 0.29) is 24.5 Å². The van der Waals surface area contributed by atoms with Gasteiger partial charge in [-0.3, -0.25) is 9.59 Å². The summed E-state index contributed by atoms with van der Waals surface area (Å²) in [5, 5.41) is 0. The second-order valence-electron chi connectivity index (χ2n) is 9.82. The van der Waals surface area contributed by atoms with E-state index in [0.717, 1.165) is 28.7 Å². The van der Waals surface area contributed by atoms with E-state index in [4.69, 9.17) is 4.74 Å². The molecule has 1 heterocycles. The van der Waals surface area contributed by atoms with E-state index < -0.39 is 0 Å². The van der Waals surface area contributed by atoms with Crippen LogP contribution in [0.2, 0.25) is 0 Å². The molecule has 1 aliphatic rings. The molecule has 4 aromatic rings. The van der Waals surface area contributed by atoms with Crippen molar-refractivity contribution in [2.75, 3.05) is 20.2 Å². The zero-order valence-corrected chi connectivity index (χ0v) is 21.8. The van der Waals surface area contributed by atoms with Crippen molar-refractivity contribution in [3.8, 4) is 5.75 Å². The third-order valence-corrected chi connectivity index (χ3v) is 7.04. The number of hydrogen-bond donors (Lipinski definition) is 0. The van der Waals surface area contributed by atoms with E-state index in [2.05, 4.69) is 31.2 Å². The second kappa shape index (κ2) is 11.3. The van der Waals surface area contributed by atoms with Gasteiger partial charge in [-0.05, 0) is 59.9 Å². The number of ether oxygens (including phenoxy) is 1. The van der Waals surface area contributed by atoms with Gasteiger partial charge in [0, 0.05) is 25.7 Å². The van der Waals surface area contributed by atoms with E-state index in [0.29, 0.717) is 24.4 Å². The normalized spacial score (nSPS) is 14.5. The van der Waals surface area contributed by atoms with Gasteiger partial charge in [0.1, 0.15) is 5.75 Å². The summed E-state index contributed by atoms with van der Waals surface area (Å²) >= 11 is 0. The molecule has 0 N–H and O–H groups in total. The highest BCUT2D eigenvalue weighted by Crippen LogP contribution is 2.38. The van der Waals surface area contributed by atoms with Gasteiger partial charge in [0.05, 0.1) is 6.04 Å². The molecular weight excluding hydrogens is 472 g/mol. The molecule has 0 radical (unpaired) electrons. The molecule has 0 bridgehead atoms. The van der Waals surface area contributed by atoms with Crippen LogP contribution < -0.4 is 4.74 Å². The average Bonchev–Trinajstić information content (AvgIpc) is 2.95. The van der Waals surface area contributed by atoms with Crippen LogP contribution in [0.25, 0.3) is 0 Å². The summed E-state index contributed by atoms with van der Waals surface area (Å²) in [6, 6.07) is 33.4. The Labute approximate surface area is 224 Å². The number of carbonyl (C=O) groups excluding carboxylic acids is 2. The molecule has 1 aliphatic heterocycles. The molecule has 0 aliphatic carbocycles. The molecule has 0 spiro atoms. The van der Waals surface area contributed by atoms with Crippen molar-refractivity contribution < 1.29 is 14.3 Å². The molecule has 0 aromatic heterocycles. The van der Waals surface area contributed by atoms with Gasteiger partial charge in [0.15, 0.2) is 6.61 Å². The first-order chi connectivity index (χ1) is 18.5. The molecule has 5 nitrogen and oxygen atoms in total. The summed E-state index contributed by atoms with van der Waals surface area (Å²) in [5.41, 5.74) is 6.17. The predicted molar refractivity (Wildman–Crippen MR) is 149 cm³/mol. The van der Waals surface area contributed by atoms with Crippen molar-refractivity contribution in [2.45, 2.75) is 25.9 Å². The molecule has 0 saturated carbocycles. The summed E-state index contributed by atoms with van der Waals surface area (Å²) in [7, 11) is 1.78. The summed E-state index contributed by atoms with van der Waals surface area (Å²) in [4.78, 5) is 30.1. The van der Waals surface area contributed by atoms with Crippen LogP contribution in [0.1, 0.15) is 44.2 Å². The fourth-order valence-corrected chi connectivity index (χ4v) is 5.05. The number of rotatable bonds is 7. The minimum atomic E-state index is -0.244. The molecule has 5 rings (SSSR count). The second-order valence-corrected chi connectivity index (χ2v) is 9.82. The molecule has 0 fully saturated rings. The first-order valence-corrected chi connectivity index (χ1v) is 13.0. The van der Waals surface area contributed by atoms with E-state index in [1.807, 2.05) is 83.8 Å². The van der Waals surface area contributed by atoms with Crippen molar-refractivity contribution in [3.05, 3.63) is 137 Å². The lowest BCUT2D eigenvalue weighted by Crippen LogP contribution is -2.40. The number of carbonyl (C=O) groups is 2. The summed E-state index contributed by atoms with van der Waals surface area (Å²) in [6.45, 7) is 3.17. The first kappa shape index (κ1) is 25.3. The van der Waals surface area contributed by atoms with E-state index >= 15 is 0 Å². The quantitative estimate of drug-likeness (QED) is 0.319. The van der Waals surface area contributed by atoms with Crippen LogP contribution in [-0.2, 0) is 17.8 Å². The average molecular weight is 505 g/mol. The molecule has 1 atom stereocenters. The molecule has 0 unspecified atom stereocenters. The molecule has 2 amide bonds. The Morgan fingerprint density at radius 1 is 0.895 bits per heavy atom. The SMILES string of the molecule is Cc1cccc([C@@H]2c3cc(OCC(=O)N(C)Cc4ccccc4)ccc3CCN2C(=O)c2ccccc2)c1. The Bertz CT molecular complexity index is 1420. The van der Waals surface area contributed by atoms with E-state index in [9.17, 15) is 9.59 Å². The number of hydrogen-bond acceptors (Lipinski definition) is 3. The molecule has 0 saturated heterocycles. The van der Waals surface area contributed by atoms with Crippen LogP contribution in [0.3, 0.4) is 0 Å². The first-order valence-electron chi connectivity index (χ1n) is 13.0. The Kier molecular flexibility index (Phi) is 7.55. The van der Waals surface area contributed by atoms with Gasteiger partial charge in [0.2, 0.25) is 0 Å². The molecule has 4 aromatic carbocycles. The topological polar surface area (TPSA) is 49.9 Å². The Balaban J connectivity index is 1.40. The van der Waals surface area contributed by atoms with Gasteiger partial charge < -0.3 is 14.5 Å². The smallest absolute Gasteiger partial charge is 0.260 e. The van der Waals surface area contributed by atoms with Crippen LogP contribution in [0.4, 0.5) is 0 Å². The van der Waals surface area contributed by atoms with Gasteiger partial charge in [-0.25, -0.2) is 0 Å². The van der Waals surface area contributed by atoms with Crippen LogP contribution in [0.5, 0.6) is 5.75 Å². The van der Waals surface area contributed by atoms with E-state index in [1.165, 1.54) is 5.56 Å². The third-order valence-electron chi connectivity index (χ3n) is 7.04. The molecule has 38 heavy (non-hydrogen) atoms. The minimum Gasteiger partial charge on any atom is -0.484 e. The monoisotopic (exact) mass is 504 g/mol. The maximum absolute atomic E-state index is 13.6. The lowest BCUT2D eigenvalue weighted by Gasteiger charge is -2.38. The Morgan fingerprint density at radius 2 is 1.63 bits per heavy atom. The van der Waals surface area contributed by atoms with E-state index in [1.54, 1.807) is 11.9 Å². The van der Waals surface area contributed by atoms with Crippen LogP contribution >= 0.6 is 0 Å². The maximum Gasteiger partial charge on any atom is 0.260 e. The summed E-state index contributed by atoms with van der Waals surface area (Å²) in [6.07, 6.45) is 0.759.